The number of hydrogen-bond donors (Lipinski definition) is 0. The molecule has 0 saturated carbocycles. The predicted octanol–water partition coefficient (Wildman–Crippen LogP) is 4.23. The molecule has 0 radical (unpaired) electrons. The summed E-state index contributed by atoms with van der Waals surface area (Å²) < 4.78 is 25.0. The lowest BCUT2D eigenvalue weighted by Crippen LogP contribution is -2.15. The molecular weight excluding hydrogens is 279 g/mol. The van der Waals surface area contributed by atoms with Gasteiger partial charge in [-0.15, -0.1) is 11.6 Å². The molecule has 0 N–H and O–H groups in total. The highest BCUT2D eigenvalue weighted by atomic mass is 35.5. The van der Waals surface area contributed by atoms with Crippen LogP contribution in [0.2, 0.25) is 0 Å². The van der Waals surface area contributed by atoms with Gasteiger partial charge in [0, 0.05) is 5.56 Å². The normalized spacial score (nSPS) is 14.9. The third-order valence-electron chi connectivity index (χ3n) is 3.29. The molecule has 1 aliphatic heterocycles. The maximum absolute atomic E-state index is 14.0. The van der Waals surface area contributed by atoms with Crippen molar-refractivity contribution in [2.45, 2.75) is 12.3 Å². The van der Waals surface area contributed by atoms with Crippen molar-refractivity contribution < 1.29 is 13.9 Å². The Hall–Kier alpha value is -1.74. The van der Waals surface area contributed by atoms with Crippen LogP contribution in [0.3, 0.4) is 0 Å². The van der Waals surface area contributed by atoms with E-state index in [1.165, 1.54) is 6.07 Å². The largest absolute Gasteiger partial charge is 0.486 e. The third-order valence-corrected chi connectivity index (χ3v) is 3.77. The molecule has 0 aliphatic carbocycles. The van der Waals surface area contributed by atoms with Crippen molar-refractivity contribution in [1.82, 2.24) is 0 Å². The van der Waals surface area contributed by atoms with Crippen LogP contribution in [0.15, 0.2) is 36.4 Å². The summed E-state index contributed by atoms with van der Waals surface area (Å²) in [4.78, 5) is 0. The highest BCUT2D eigenvalue weighted by Crippen LogP contribution is 2.37. The minimum Gasteiger partial charge on any atom is -0.486 e. The molecule has 20 heavy (non-hydrogen) atoms. The first-order valence-electron chi connectivity index (χ1n) is 6.45. The molecule has 1 heterocycles. The molecule has 4 heteroatoms. The summed E-state index contributed by atoms with van der Waals surface area (Å²) in [6.45, 7) is 2.91. The second kappa shape index (κ2) is 5.33. The van der Waals surface area contributed by atoms with Gasteiger partial charge in [0.1, 0.15) is 19.0 Å². The Morgan fingerprint density at radius 1 is 1.05 bits per heavy atom. The van der Waals surface area contributed by atoms with Crippen molar-refractivity contribution in [1.29, 1.82) is 0 Å². The molecule has 104 valence electrons. The number of alkyl halides is 1. The highest BCUT2D eigenvalue weighted by Gasteiger charge is 2.19. The van der Waals surface area contributed by atoms with Crippen LogP contribution in [0.5, 0.6) is 11.5 Å². The average molecular weight is 293 g/mol. The van der Waals surface area contributed by atoms with Gasteiger partial charge in [0.25, 0.3) is 0 Å². The number of rotatable bonds is 2. The van der Waals surface area contributed by atoms with Crippen LogP contribution in [-0.2, 0) is 0 Å². The smallest absolute Gasteiger partial charge is 0.161 e. The molecular formula is C16H14ClFO2. The first-order chi connectivity index (χ1) is 9.65. The topological polar surface area (TPSA) is 18.5 Å². The lowest BCUT2D eigenvalue weighted by atomic mass is 10.0. The van der Waals surface area contributed by atoms with E-state index < -0.39 is 5.38 Å². The molecule has 0 spiro atoms. The average Bonchev–Trinajstić information content (AvgIpc) is 2.46. The molecule has 0 fully saturated rings. The number of ether oxygens (including phenoxy) is 2. The molecule has 1 unspecified atom stereocenters. The Morgan fingerprint density at radius 3 is 2.55 bits per heavy atom. The highest BCUT2D eigenvalue weighted by molar-refractivity contribution is 6.22. The van der Waals surface area contributed by atoms with Gasteiger partial charge < -0.3 is 9.47 Å². The van der Waals surface area contributed by atoms with E-state index >= 15 is 0 Å². The van der Waals surface area contributed by atoms with Crippen LogP contribution >= 0.6 is 11.6 Å². The molecule has 2 aromatic carbocycles. The number of halogens is 2. The zero-order valence-corrected chi connectivity index (χ0v) is 11.8. The van der Waals surface area contributed by atoms with E-state index in [1.54, 1.807) is 6.07 Å². The van der Waals surface area contributed by atoms with Crippen molar-refractivity contribution in [3.05, 3.63) is 58.9 Å². The van der Waals surface area contributed by atoms with Crippen molar-refractivity contribution in [3.63, 3.8) is 0 Å². The SMILES string of the molecule is Cc1ccc(C(Cl)c2ccc3c(c2)OCCO3)c(F)c1. The van der Waals surface area contributed by atoms with E-state index in [-0.39, 0.29) is 5.82 Å². The Morgan fingerprint density at radius 2 is 1.80 bits per heavy atom. The van der Waals surface area contributed by atoms with Crippen molar-refractivity contribution in [3.8, 4) is 11.5 Å². The maximum atomic E-state index is 14.0. The zero-order valence-electron chi connectivity index (χ0n) is 11.0. The minimum atomic E-state index is -0.550. The van der Waals surface area contributed by atoms with Gasteiger partial charge in [-0.1, -0.05) is 18.2 Å². The van der Waals surface area contributed by atoms with Gasteiger partial charge in [0.05, 0.1) is 5.38 Å². The van der Waals surface area contributed by atoms with Crippen molar-refractivity contribution in [2.24, 2.45) is 0 Å². The quantitative estimate of drug-likeness (QED) is 0.771. The third kappa shape index (κ3) is 2.46. The Balaban J connectivity index is 1.95. The zero-order chi connectivity index (χ0) is 14.1. The summed E-state index contributed by atoms with van der Waals surface area (Å²) in [5, 5.41) is -0.550. The first kappa shape index (κ1) is 13.3. The van der Waals surface area contributed by atoms with E-state index in [1.807, 2.05) is 31.2 Å². The van der Waals surface area contributed by atoms with E-state index in [9.17, 15) is 4.39 Å². The lowest BCUT2D eigenvalue weighted by molar-refractivity contribution is 0.171. The van der Waals surface area contributed by atoms with Crippen LogP contribution in [0, 0.1) is 12.7 Å². The number of benzene rings is 2. The predicted molar refractivity (Wildman–Crippen MR) is 76.3 cm³/mol. The summed E-state index contributed by atoms with van der Waals surface area (Å²) >= 11 is 6.40. The molecule has 3 rings (SSSR count). The second-order valence-corrected chi connectivity index (χ2v) is 5.23. The fourth-order valence-electron chi connectivity index (χ4n) is 2.23. The minimum absolute atomic E-state index is 0.292. The van der Waals surface area contributed by atoms with Crippen molar-refractivity contribution >= 4 is 11.6 Å². The number of hydrogen-bond acceptors (Lipinski definition) is 2. The first-order valence-corrected chi connectivity index (χ1v) is 6.88. The van der Waals surface area contributed by atoms with Crippen molar-refractivity contribution in [2.75, 3.05) is 13.2 Å². The van der Waals surface area contributed by atoms with Crippen LogP contribution in [0.4, 0.5) is 4.39 Å². The summed E-state index contributed by atoms with van der Waals surface area (Å²) in [5.74, 6) is 1.07. The van der Waals surface area contributed by atoms with Crippen LogP contribution < -0.4 is 9.47 Å². The molecule has 1 atom stereocenters. The molecule has 1 aliphatic rings. The molecule has 0 saturated heterocycles. The Bertz CT molecular complexity index is 642. The van der Waals surface area contributed by atoms with Gasteiger partial charge in [-0.05, 0) is 36.2 Å². The number of fused-ring (bicyclic) bond motifs is 1. The summed E-state index contributed by atoms with van der Waals surface area (Å²) in [5.41, 5.74) is 2.13. The lowest BCUT2D eigenvalue weighted by Gasteiger charge is -2.20. The van der Waals surface area contributed by atoms with Gasteiger partial charge in [0.2, 0.25) is 0 Å². The van der Waals surface area contributed by atoms with E-state index in [0.717, 1.165) is 11.1 Å². The van der Waals surface area contributed by atoms with Gasteiger partial charge in [0.15, 0.2) is 11.5 Å². The van der Waals surface area contributed by atoms with Crippen LogP contribution in [0.25, 0.3) is 0 Å². The molecule has 0 aromatic heterocycles. The number of aryl methyl sites for hydroxylation is 1. The standard InChI is InChI=1S/C16H14ClFO2/c1-10-2-4-12(13(18)8-10)16(17)11-3-5-14-15(9-11)20-7-6-19-14/h2-5,8-9,16H,6-7H2,1H3. The maximum Gasteiger partial charge on any atom is 0.161 e. The molecule has 2 aromatic rings. The second-order valence-electron chi connectivity index (χ2n) is 4.79. The summed E-state index contributed by atoms with van der Waals surface area (Å²) in [6.07, 6.45) is 0. The molecule has 0 bridgehead atoms. The van der Waals surface area contributed by atoms with Crippen LogP contribution in [-0.4, -0.2) is 13.2 Å². The fourth-order valence-corrected chi connectivity index (χ4v) is 2.55. The summed E-state index contributed by atoms with van der Waals surface area (Å²) in [7, 11) is 0. The molecule has 2 nitrogen and oxygen atoms in total. The van der Waals surface area contributed by atoms with Gasteiger partial charge in [-0.2, -0.15) is 0 Å². The van der Waals surface area contributed by atoms with Gasteiger partial charge >= 0.3 is 0 Å². The Labute approximate surface area is 122 Å². The van der Waals surface area contributed by atoms with E-state index in [4.69, 9.17) is 21.1 Å². The van der Waals surface area contributed by atoms with E-state index in [2.05, 4.69) is 0 Å². The van der Waals surface area contributed by atoms with Gasteiger partial charge in [-0.3, -0.25) is 0 Å². The van der Waals surface area contributed by atoms with E-state index in [0.29, 0.717) is 30.3 Å². The molecule has 0 amide bonds. The van der Waals surface area contributed by atoms with Gasteiger partial charge in [-0.25, -0.2) is 4.39 Å². The Kier molecular flexibility index (Phi) is 3.53. The summed E-state index contributed by atoms with van der Waals surface area (Å²) in [6, 6.07) is 10.5. The van der Waals surface area contributed by atoms with Crippen LogP contribution in [0.1, 0.15) is 22.1 Å². The fraction of sp³-hybridized carbons (Fsp3) is 0.250. The monoisotopic (exact) mass is 292 g/mol.